The molecule has 1 rings (SSSR count). The normalized spacial score (nSPS) is 9.93. The molecule has 1 aromatic heterocycles. The van der Waals surface area contributed by atoms with E-state index in [1.165, 1.54) is 6.20 Å². The van der Waals surface area contributed by atoms with Crippen molar-refractivity contribution in [2.75, 3.05) is 6.61 Å². The van der Waals surface area contributed by atoms with Crippen LogP contribution >= 0.6 is 0 Å². The van der Waals surface area contributed by atoms with E-state index in [1.54, 1.807) is 12.1 Å². The van der Waals surface area contributed by atoms with Gasteiger partial charge in [0.25, 0.3) is 5.95 Å². The monoisotopic (exact) mass is 209 g/mol. The first-order chi connectivity index (χ1) is 7.34. The van der Waals surface area contributed by atoms with E-state index in [0.717, 1.165) is 25.7 Å². The lowest BCUT2D eigenvalue weighted by atomic mass is 10.2. The molecule has 0 aliphatic rings. The number of unbranched alkanes of at least 4 members (excludes halogenated alkanes) is 3. The molecule has 15 heavy (non-hydrogen) atoms. The Balaban J connectivity index is 2.15. The fourth-order valence-corrected chi connectivity index (χ4v) is 1.23. The predicted octanol–water partition coefficient (Wildman–Crippen LogP) is 3.35. The maximum atomic E-state index is 13.0. The van der Waals surface area contributed by atoms with Gasteiger partial charge in [-0.15, -0.1) is 6.58 Å². The lowest BCUT2D eigenvalue weighted by Gasteiger charge is -2.05. The highest BCUT2D eigenvalue weighted by Crippen LogP contribution is 2.13. The zero-order valence-electron chi connectivity index (χ0n) is 8.79. The molecule has 0 fully saturated rings. The van der Waals surface area contributed by atoms with Gasteiger partial charge in [-0.3, -0.25) is 0 Å². The van der Waals surface area contributed by atoms with Crippen molar-refractivity contribution >= 4 is 0 Å². The van der Waals surface area contributed by atoms with E-state index in [0.29, 0.717) is 6.61 Å². The van der Waals surface area contributed by atoms with Crippen molar-refractivity contribution in [1.82, 2.24) is 4.98 Å². The molecule has 0 amide bonds. The molecule has 82 valence electrons. The van der Waals surface area contributed by atoms with E-state index in [9.17, 15) is 4.39 Å². The summed E-state index contributed by atoms with van der Waals surface area (Å²) in [6, 6.07) is 3.25. The van der Waals surface area contributed by atoms with Gasteiger partial charge in [-0.25, -0.2) is 4.98 Å². The van der Waals surface area contributed by atoms with Gasteiger partial charge in [-0.2, -0.15) is 4.39 Å². The lowest BCUT2D eigenvalue weighted by molar-refractivity contribution is 0.287. The van der Waals surface area contributed by atoms with Crippen LogP contribution in [0.5, 0.6) is 5.75 Å². The smallest absolute Gasteiger partial charge is 0.255 e. The molecule has 0 aliphatic heterocycles. The van der Waals surface area contributed by atoms with Crippen LogP contribution in [0.25, 0.3) is 0 Å². The molecule has 0 N–H and O–H groups in total. The molecule has 2 nitrogen and oxygen atoms in total. The summed E-state index contributed by atoms with van der Waals surface area (Å²) in [6.07, 6.45) is 7.47. The number of rotatable bonds is 7. The van der Waals surface area contributed by atoms with Crippen LogP contribution in [0.15, 0.2) is 31.0 Å². The van der Waals surface area contributed by atoms with E-state index in [1.807, 2.05) is 6.08 Å². The Morgan fingerprint density at radius 2 is 2.27 bits per heavy atom. The number of aromatic nitrogens is 1. The Hall–Kier alpha value is -1.38. The van der Waals surface area contributed by atoms with Crippen molar-refractivity contribution in [1.29, 1.82) is 0 Å². The molecule has 0 saturated carbocycles. The molecule has 0 aliphatic carbocycles. The third-order valence-corrected chi connectivity index (χ3v) is 2.04. The van der Waals surface area contributed by atoms with Gasteiger partial charge in [0.15, 0.2) is 5.75 Å². The number of pyridine rings is 1. The number of halogens is 1. The lowest BCUT2D eigenvalue weighted by Crippen LogP contribution is -1.99. The average molecular weight is 209 g/mol. The fourth-order valence-electron chi connectivity index (χ4n) is 1.23. The molecule has 3 heteroatoms. The third-order valence-electron chi connectivity index (χ3n) is 2.04. The van der Waals surface area contributed by atoms with E-state index in [-0.39, 0.29) is 5.75 Å². The Labute approximate surface area is 89.8 Å². The highest BCUT2D eigenvalue weighted by atomic mass is 19.1. The zero-order valence-corrected chi connectivity index (χ0v) is 8.79. The van der Waals surface area contributed by atoms with Crippen molar-refractivity contribution in [3.8, 4) is 5.75 Å². The standard InChI is InChI=1S/C12H16FNO/c1-2-3-4-5-6-10-15-11-8-7-9-14-12(11)13/h2,7-9H,1,3-6,10H2. The minimum absolute atomic E-state index is 0.237. The molecule has 1 heterocycles. The summed E-state index contributed by atoms with van der Waals surface area (Å²) in [7, 11) is 0. The molecule has 0 unspecified atom stereocenters. The van der Waals surface area contributed by atoms with Gasteiger partial charge in [0.1, 0.15) is 0 Å². The van der Waals surface area contributed by atoms with Gasteiger partial charge in [0, 0.05) is 6.20 Å². The second-order valence-electron chi connectivity index (χ2n) is 3.28. The molecule has 0 aromatic carbocycles. The number of allylic oxidation sites excluding steroid dienone is 1. The van der Waals surface area contributed by atoms with E-state index in [2.05, 4.69) is 11.6 Å². The van der Waals surface area contributed by atoms with Gasteiger partial charge in [0.05, 0.1) is 6.61 Å². The Morgan fingerprint density at radius 1 is 1.40 bits per heavy atom. The molecule has 0 saturated heterocycles. The molecule has 0 radical (unpaired) electrons. The highest BCUT2D eigenvalue weighted by molar-refractivity contribution is 5.17. The van der Waals surface area contributed by atoms with Crippen LogP contribution in [0.2, 0.25) is 0 Å². The largest absolute Gasteiger partial charge is 0.489 e. The van der Waals surface area contributed by atoms with Gasteiger partial charge in [-0.1, -0.05) is 6.08 Å². The average Bonchev–Trinajstić information content (AvgIpc) is 2.25. The zero-order chi connectivity index (χ0) is 10.9. The Kier molecular flexibility index (Phi) is 5.44. The van der Waals surface area contributed by atoms with Crippen LogP contribution in [0, 0.1) is 5.95 Å². The Bertz CT molecular complexity index is 301. The summed E-state index contributed by atoms with van der Waals surface area (Å²) in [5, 5.41) is 0. The number of nitrogens with zero attached hydrogens (tertiary/aromatic N) is 1. The second kappa shape index (κ2) is 6.98. The van der Waals surface area contributed by atoms with E-state index >= 15 is 0 Å². The van der Waals surface area contributed by atoms with Crippen molar-refractivity contribution in [2.24, 2.45) is 0 Å². The number of hydrogen-bond donors (Lipinski definition) is 0. The maximum absolute atomic E-state index is 13.0. The van der Waals surface area contributed by atoms with Gasteiger partial charge >= 0.3 is 0 Å². The van der Waals surface area contributed by atoms with Crippen LogP contribution in [0.1, 0.15) is 25.7 Å². The van der Waals surface area contributed by atoms with Gasteiger partial charge < -0.3 is 4.74 Å². The predicted molar refractivity (Wildman–Crippen MR) is 58.4 cm³/mol. The van der Waals surface area contributed by atoms with Crippen LogP contribution in [-0.2, 0) is 0 Å². The summed E-state index contributed by atoms with van der Waals surface area (Å²) in [5.74, 6) is -0.301. The summed E-state index contributed by atoms with van der Waals surface area (Å²) < 4.78 is 18.2. The minimum atomic E-state index is -0.538. The van der Waals surface area contributed by atoms with Crippen LogP contribution in [0.4, 0.5) is 4.39 Å². The highest BCUT2D eigenvalue weighted by Gasteiger charge is 2.01. The topological polar surface area (TPSA) is 22.1 Å². The van der Waals surface area contributed by atoms with E-state index < -0.39 is 5.95 Å². The van der Waals surface area contributed by atoms with Crippen molar-refractivity contribution < 1.29 is 9.13 Å². The molecule has 0 spiro atoms. The quantitative estimate of drug-likeness (QED) is 0.390. The summed E-state index contributed by atoms with van der Waals surface area (Å²) in [5.41, 5.74) is 0. The number of hydrogen-bond acceptors (Lipinski definition) is 2. The molecule has 1 aromatic rings. The SMILES string of the molecule is C=CCCCCCOc1cccnc1F. The minimum Gasteiger partial charge on any atom is -0.489 e. The van der Waals surface area contributed by atoms with Crippen molar-refractivity contribution in [3.05, 3.63) is 36.9 Å². The molecular weight excluding hydrogens is 193 g/mol. The number of ether oxygens (including phenoxy) is 1. The first-order valence-corrected chi connectivity index (χ1v) is 5.19. The van der Waals surface area contributed by atoms with Crippen molar-refractivity contribution in [3.63, 3.8) is 0 Å². The Morgan fingerprint density at radius 3 is 3.00 bits per heavy atom. The van der Waals surface area contributed by atoms with Crippen LogP contribution in [0.3, 0.4) is 0 Å². The summed E-state index contributed by atoms with van der Waals surface area (Å²) in [4.78, 5) is 3.50. The molecular formula is C12H16FNO. The summed E-state index contributed by atoms with van der Waals surface area (Å²) >= 11 is 0. The van der Waals surface area contributed by atoms with E-state index in [4.69, 9.17) is 4.74 Å². The second-order valence-corrected chi connectivity index (χ2v) is 3.28. The van der Waals surface area contributed by atoms with Gasteiger partial charge in [-0.05, 0) is 37.8 Å². The molecule has 0 atom stereocenters. The molecule has 0 bridgehead atoms. The van der Waals surface area contributed by atoms with Crippen LogP contribution < -0.4 is 4.74 Å². The first-order valence-electron chi connectivity index (χ1n) is 5.19. The fraction of sp³-hybridized carbons (Fsp3) is 0.417. The first kappa shape index (κ1) is 11.7. The summed E-state index contributed by atoms with van der Waals surface area (Å²) in [6.45, 7) is 4.19. The van der Waals surface area contributed by atoms with Crippen LogP contribution in [-0.4, -0.2) is 11.6 Å². The third kappa shape index (κ3) is 4.58. The maximum Gasteiger partial charge on any atom is 0.255 e. The van der Waals surface area contributed by atoms with Crippen molar-refractivity contribution in [2.45, 2.75) is 25.7 Å². The van der Waals surface area contributed by atoms with Gasteiger partial charge in [0.2, 0.25) is 0 Å².